The molecule has 0 amide bonds. The molecule has 3 aromatic carbocycles. The van der Waals surface area contributed by atoms with E-state index in [-0.39, 0.29) is 23.4 Å². The Kier molecular flexibility index (Phi) is 27.8. The number of aldehydes is 1. The number of aromatic hydroxyl groups is 1. The van der Waals surface area contributed by atoms with E-state index in [0.717, 1.165) is 17.1 Å². The molecule has 254 valence electrons. The summed E-state index contributed by atoms with van der Waals surface area (Å²) in [6.07, 6.45) is 8.30. The molecule has 7 nitrogen and oxygen atoms in total. The predicted molar refractivity (Wildman–Crippen MR) is 192 cm³/mol. The molecule has 0 fully saturated rings. The van der Waals surface area contributed by atoms with Gasteiger partial charge in [0.2, 0.25) is 0 Å². The highest BCUT2D eigenvalue weighted by Crippen LogP contribution is 2.29. The first-order valence-electron chi connectivity index (χ1n) is 15.7. The van der Waals surface area contributed by atoms with E-state index in [1.54, 1.807) is 31.2 Å². The van der Waals surface area contributed by atoms with E-state index in [2.05, 4.69) is 26.0 Å². The van der Waals surface area contributed by atoms with Gasteiger partial charge in [-0.2, -0.15) is 0 Å². The summed E-state index contributed by atoms with van der Waals surface area (Å²) >= 11 is 0. The van der Waals surface area contributed by atoms with Gasteiger partial charge in [-0.25, -0.2) is 4.79 Å². The minimum Gasteiger partial charge on any atom is -0.870 e. The molecule has 3 N–H and O–H groups in total. The summed E-state index contributed by atoms with van der Waals surface area (Å²) in [6, 6.07) is 21.9. The Bertz CT molecular complexity index is 1340. The van der Waals surface area contributed by atoms with Gasteiger partial charge in [-0.3, -0.25) is 4.79 Å². The van der Waals surface area contributed by atoms with Crippen LogP contribution in [0.4, 0.5) is 0 Å². The van der Waals surface area contributed by atoms with Gasteiger partial charge < -0.3 is 25.2 Å². The number of ether oxygens (including phenoxy) is 2. The number of para-hydroxylation sites is 3. The summed E-state index contributed by atoms with van der Waals surface area (Å²) in [4.78, 5) is 20.9. The van der Waals surface area contributed by atoms with Crippen LogP contribution >= 0.6 is 0 Å². The summed E-state index contributed by atoms with van der Waals surface area (Å²) in [5, 5.41) is 17.8. The largest absolute Gasteiger partial charge is 0.870 e. The zero-order valence-electron chi connectivity index (χ0n) is 29.4. The van der Waals surface area contributed by atoms with Crippen molar-refractivity contribution in [3.8, 4) is 17.2 Å². The number of aliphatic carboxylic acids is 1. The third-order valence-electron chi connectivity index (χ3n) is 5.86. The van der Waals surface area contributed by atoms with Gasteiger partial charge in [-0.05, 0) is 76.6 Å². The molecule has 0 aromatic heterocycles. The van der Waals surface area contributed by atoms with Crippen molar-refractivity contribution in [1.82, 2.24) is 0 Å². The van der Waals surface area contributed by atoms with E-state index in [9.17, 15) is 9.59 Å². The minimum atomic E-state index is -0.924. The van der Waals surface area contributed by atoms with E-state index in [1.165, 1.54) is 17.2 Å². The van der Waals surface area contributed by atoms with E-state index < -0.39 is 5.97 Å². The van der Waals surface area contributed by atoms with Crippen molar-refractivity contribution in [1.29, 1.82) is 0 Å². The number of fused-ring (bicyclic) bond motifs is 2. The molecule has 0 bridgehead atoms. The number of carbonyl (C=O) groups excluding carboxylic acids is 1. The molecule has 2 atom stereocenters. The molecule has 0 spiro atoms. The molecule has 0 saturated carbocycles. The van der Waals surface area contributed by atoms with Gasteiger partial charge in [0, 0.05) is 11.1 Å². The second-order valence-corrected chi connectivity index (χ2v) is 8.73. The Labute approximate surface area is 277 Å². The number of allylic oxidation sites excluding steroid dienone is 2. The van der Waals surface area contributed by atoms with Crippen LogP contribution in [-0.4, -0.2) is 40.2 Å². The molecule has 2 aliphatic rings. The molecule has 5 rings (SSSR count). The summed E-state index contributed by atoms with van der Waals surface area (Å²) in [6.45, 7) is 21.9. The SMILES string of the molecule is C/C=C/C.CC.CC.CC.CC1=Cc2ccccc2OC1C.CC1Oc2ccccc2C=C1C(=O)O.O=Cc1ccccc1O.[OH-]. The standard InChI is InChI=1S/C11H10O3.C11H12O.C7H6O2.C4H8.3C2H6.H2O/c1-7-9(11(12)13)6-8-4-2-3-5-10(8)14-7;1-8-7-10-5-3-4-6-11(10)12-9(8)2;8-5-6-3-1-2-4-7(6)9;1-3-4-2;3*1-2;/h2-7H,1H3,(H,12,13);3-7,9H,1-2H3;1-5,9H;3-4H,1-2H3;3*1-2H3;1H2/p-1/b;;;4-3+;;;;. The van der Waals surface area contributed by atoms with Crippen molar-refractivity contribution >= 4 is 24.4 Å². The van der Waals surface area contributed by atoms with Gasteiger partial charge >= 0.3 is 5.97 Å². The van der Waals surface area contributed by atoms with Crippen molar-refractivity contribution in [2.45, 2.75) is 88.4 Å². The number of carboxylic acids is 1. The zero-order valence-corrected chi connectivity index (χ0v) is 29.4. The van der Waals surface area contributed by atoms with Crippen LogP contribution in [0.2, 0.25) is 0 Å². The lowest BCUT2D eigenvalue weighted by Gasteiger charge is -2.22. The fourth-order valence-electron chi connectivity index (χ4n) is 3.42. The van der Waals surface area contributed by atoms with Gasteiger partial charge in [-0.15, -0.1) is 0 Å². The number of benzene rings is 3. The number of phenolic OH excluding ortho intramolecular Hbond substituents is 1. The van der Waals surface area contributed by atoms with Crippen molar-refractivity contribution in [2.24, 2.45) is 0 Å². The molecule has 2 aliphatic heterocycles. The van der Waals surface area contributed by atoms with Crippen LogP contribution in [-0.2, 0) is 4.79 Å². The number of rotatable bonds is 2. The van der Waals surface area contributed by atoms with Crippen molar-refractivity contribution in [3.05, 3.63) is 113 Å². The molecule has 7 heteroatoms. The van der Waals surface area contributed by atoms with E-state index in [0.29, 0.717) is 17.4 Å². The first kappa shape index (κ1) is 45.8. The number of hydrogen-bond acceptors (Lipinski definition) is 6. The molecule has 2 unspecified atom stereocenters. The van der Waals surface area contributed by atoms with Gasteiger partial charge in [0.1, 0.15) is 29.5 Å². The van der Waals surface area contributed by atoms with Crippen LogP contribution in [0.15, 0.2) is 96.1 Å². The van der Waals surface area contributed by atoms with Crippen LogP contribution in [0.5, 0.6) is 17.2 Å². The van der Waals surface area contributed by atoms with Crippen LogP contribution in [0.1, 0.15) is 97.6 Å². The third-order valence-corrected chi connectivity index (χ3v) is 5.86. The van der Waals surface area contributed by atoms with Crippen molar-refractivity contribution in [2.75, 3.05) is 0 Å². The zero-order chi connectivity index (χ0) is 34.8. The lowest BCUT2D eigenvalue weighted by atomic mass is 10.0. The highest BCUT2D eigenvalue weighted by Gasteiger charge is 2.23. The number of carboxylic acid groups (broad SMARTS) is 1. The summed E-state index contributed by atoms with van der Waals surface area (Å²) < 4.78 is 11.1. The van der Waals surface area contributed by atoms with E-state index >= 15 is 0 Å². The maximum atomic E-state index is 10.8. The Morgan fingerprint density at radius 3 is 1.52 bits per heavy atom. The van der Waals surface area contributed by atoms with Crippen LogP contribution < -0.4 is 9.47 Å². The molecule has 0 saturated heterocycles. The van der Waals surface area contributed by atoms with Gasteiger partial charge in [0.15, 0.2) is 6.29 Å². The van der Waals surface area contributed by atoms with Crippen molar-refractivity contribution < 1.29 is 34.8 Å². The number of hydrogen-bond donors (Lipinski definition) is 2. The predicted octanol–water partition coefficient (Wildman–Crippen LogP) is 10.5. The molecule has 3 aromatic rings. The Balaban J connectivity index is -0.000000531. The first-order chi connectivity index (χ1) is 21.7. The molecule has 2 heterocycles. The van der Waals surface area contributed by atoms with Gasteiger partial charge in [0.05, 0.1) is 11.1 Å². The fraction of sp³-hybridized carbons (Fsp3) is 0.333. The average Bonchev–Trinajstić information content (AvgIpc) is 3.08. The van der Waals surface area contributed by atoms with Gasteiger partial charge in [0.25, 0.3) is 0 Å². The maximum absolute atomic E-state index is 10.8. The lowest BCUT2D eigenvalue weighted by Crippen LogP contribution is -2.23. The van der Waals surface area contributed by atoms with Gasteiger partial charge in [-0.1, -0.05) is 102 Å². The van der Waals surface area contributed by atoms with Crippen LogP contribution in [0, 0.1) is 0 Å². The first-order valence-corrected chi connectivity index (χ1v) is 15.7. The minimum absolute atomic E-state index is 0. The lowest BCUT2D eigenvalue weighted by molar-refractivity contribution is -0.133. The average molecular weight is 636 g/mol. The van der Waals surface area contributed by atoms with Crippen molar-refractivity contribution in [3.63, 3.8) is 0 Å². The molecule has 0 aliphatic carbocycles. The fourth-order valence-corrected chi connectivity index (χ4v) is 3.42. The second kappa shape index (κ2) is 27.9. The maximum Gasteiger partial charge on any atom is 0.335 e. The summed E-state index contributed by atoms with van der Waals surface area (Å²) in [5.74, 6) is 0.847. The normalized spacial score (nSPS) is 14.2. The third kappa shape index (κ3) is 16.5. The van der Waals surface area contributed by atoms with E-state index in [4.69, 9.17) is 19.7 Å². The molecule has 46 heavy (non-hydrogen) atoms. The highest BCUT2D eigenvalue weighted by atomic mass is 16.5. The number of phenols is 1. The smallest absolute Gasteiger partial charge is 0.335 e. The topological polar surface area (TPSA) is 123 Å². The Morgan fingerprint density at radius 2 is 1.11 bits per heavy atom. The Morgan fingerprint density at radius 1 is 0.696 bits per heavy atom. The quantitative estimate of drug-likeness (QED) is 0.212. The summed E-state index contributed by atoms with van der Waals surface area (Å²) in [7, 11) is 0. The monoisotopic (exact) mass is 635 g/mol. The highest BCUT2D eigenvalue weighted by molar-refractivity contribution is 5.94. The molecular weight excluding hydrogens is 580 g/mol. The van der Waals surface area contributed by atoms with Crippen LogP contribution in [0.25, 0.3) is 12.2 Å². The second-order valence-electron chi connectivity index (χ2n) is 8.73. The summed E-state index contributed by atoms with van der Waals surface area (Å²) in [5.41, 5.74) is 3.92. The molecule has 0 radical (unpaired) electrons. The number of carbonyl (C=O) groups is 2. The van der Waals surface area contributed by atoms with Crippen LogP contribution in [0.3, 0.4) is 0 Å². The Hall–Kier alpha value is -4.62. The van der Waals surface area contributed by atoms with E-state index in [1.807, 2.05) is 110 Å². The molecular formula is C39H55O7-.